The number of nitrogens with one attached hydrogen (secondary N) is 2. The molecule has 0 aromatic carbocycles. The molecule has 0 aromatic heterocycles. The minimum atomic E-state index is 0.670. The lowest BCUT2D eigenvalue weighted by Crippen LogP contribution is -2.24. The molecule has 0 amide bonds. The molecule has 1 heterocycles. The molecule has 54 valence electrons. The van der Waals surface area contributed by atoms with E-state index < -0.39 is 0 Å². The largest absolute Gasteiger partial charge is 0.325 e. The van der Waals surface area contributed by atoms with E-state index >= 15 is 0 Å². The number of allylic oxidation sites excluding steroid dienone is 2. The maximum Gasteiger partial charge on any atom is 0.0416 e. The van der Waals surface area contributed by atoms with E-state index in [9.17, 15) is 0 Å². The van der Waals surface area contributed by atoms with E-state index in [1.807, 2.05) is 0 Å². The summed E-state index contributed by atoms with van der Waals surface area (Å²) >= 11 is 2.44. The molecule has 2 rings (SSSR count). The number of hydrazine groups is 1. The van der Waals surface area contributed by atoms with Crippen molar-refractivity contribution in [1.82, 2.24) is 10.9 Å². The van der Waals surface area contributed by atoms with Crippen molar-refractivity contribution in [3.05, 3.63) is 23.4 Å². The van der Waals surface area contributed by atoms with Crippen LogP contribution in [0.1, 0.15) is 6.42 Å². The van der Waals surface area contributed by atoms with Crippen LogP contribution in [-0.4, -0.2) is 10.5 Å². The van der Waals surface area contributed by atoms with Gasteiger partial charge in [-0.1, -0.05) is 34.7 Å². The van der Waals surface area contributed by atoms with Crippen LogP contribution in [0.25, 0.3) is 0 Å². The zero-order chi connectivity index (χ0) is 6.97. The highest BCUT2D eigenvalue weighted by atomic mass is 127. The SMILES string of the molecule is IC1C=CC2=C(C1)NNC2. The monoisotopic (exact) mass is 248 g/mol. The van der Waals surface area contributed by atoms with Crippen LogP contribution < -0.4 is 10.9 Å². The lowest BCUT2D eigenvalue weighted by molar-refractivity contribution is 0.679. The summed E-state index contributed by atoms with van der Waals surface area (Å²) in [4.78, 5) is 0. The molecular weight excluding hydrogens is 239 g/mol. The summed E-state index contributed by atoms with van der Waals surface area (Å²) in [6.45, 7) is 0.981. The van der Waals surface area contributed by atoms with E-state index in [4.69, 9.17) is 0 Å². The zero-order valence-electron chi connectivity index (χ0n) is 5.52. The maximum atomic E-state index is 3.16. The predicted molar refractivity (Wildman–Crippen MR) is 49.7 cm³/mol. The molecule has 0 fully saturated rings. The number of rotatable bonds is 0. The van der Waals surface area contributed by atoms with Crippen LogP contribution in [0.4, 0.5) is 0 Å². The maximum absolute atomic E-state index is 3.16. The average molecular weight is 248 g/mol. The third-order valence-corrected chi connectivity index (χ3v) is 2.67. The highest BCUT2D eigenvalue weighted by Crippen LogP contribution is 2.23. The summed E-state index contributed by atoms with van der Waals surface area (Å²) in [6, 6.07) is 0. The van der Waals surface area contributed by atoms with Crippen molar-refractivity contribution in [3.63, 3.8) is 0 Å². The summed E-state index contributed by atoms with van der Waals surface area (Å²) in [5.74, 6) is 0. The lowest BCUT2D eigenvalue weighted by atomic mass is 10.1. The van der Waals surface area contributed by atoms with Gasteiger partial charge < -0.3 is 5.43 Å². The lowest BCUT2D eigenvalue weighted by Gasteiger charge is -2.11. The molecule has 2 nitrogen and oxygen atoms in total. The van der Waals surface area contributed by atoms with Crippen LogP contribution in [0.5, 0.6) is 0 Å². The Bertz CT molecular complexity index is 208. The third kappa shape index (κ3) is 1.08. The van der Waals surface area contributed by atoms with E-state index in [-0.39, 0.29) is 0 Å². The Morgan fingerprint density at radius 2 is 2.50 bits per heavy atom. The minimum absolute atomic E-state index is 0.670. The molecule has 0 saturated heterocycles. The summed E-state index contributed by atoms with van der Waals surface area (Å²) < 4.78 is 0.670. The first-order valence-corrected chi connectivity index (χ1v) is 4.64. The minimum Gasteiger partial charge on any atom is -0.325 e. The molecule has 2 aliphatic rings. The van der Waals surface area contributed by atoms with Crippen LogP contribution in [0, 0.1) is 0 Å². The van der Waals surface area contributed by atoms with Crippen molar-refractivity contribution in [1.29, 1.82) is 0 Å². The first kappa shape index (κ1) is 6.67. The van der Waals surface area contributed by atoms with Gasteiger partial charge >= 0.3 is 0 Å². The average Bonchev–Trinajstić information content (AvgIpc) is 2.33. The number of halogens is 1. The Kier molecular flexibility index (Phi) is 1.69. The smallest absolute Gasteiger partial charge is 0.0416 e. The van der Waals surface area contributed by atoms with Crippen LogP contribution in [0.15, 0.2) is 23.4 Å². The first-order valence-electron chi connectivity index (χ1n) is 3.39. The molecule has 1 unspecified atom stereocenters. The Hall–Kier alpha value is -0.0300. The van der Waals surface area contributed by atoms with Crippen molar-refractivity contribution >= 4 is 22.6 Å². The van der Waals surface area contributed by atoms with Crippen molar-refractivity contribution in [2.75, 3.05) is 6.54 Å². The van der Waals surface area contributed by atoms with Crippen LogP contribution in [0.2, 0.25) is 0 Å². The first-order chi connectivity index (χ1) is 4.86. The molecule has 0 radical (unpaired) electrons. The normalized spacial score (nSPS) is 30.3. The fourth-order valence-corrected chi connectivity index (χ4v) is 1.91. The van der Waals surface area contributed by atoms with E-state index in [2.05, 4.69) is 45.6 Å². The molecule has 1 aliphatic heterocycles. The van der Waals surface area contributed by atoms with E-state index in [1.54, 1.807) is 0 Å². The Labute approximate surface area is 73.9 Å². The van der Waals surface area contributed by atoms with Gasteiger partial charge in [0.25, 0.3) is 0 Å². The quantitative estimate of drug-likeness (QED) is 0.495. The van der Waals surface area contributed by atoms with Gasteiger partial charge in [0.15, 0.2) is 0 Å². The molecule has 0 bridgehead atoms. The number of alkyl halides is 1. The Morgan fingerprint density at radius 1 is 1.60 bits per heavy atom. The molecule has 1 atom stereocenters. The van der Waals surface area contributed by atoms with E-state index in [1.165, 1.54) is 11.3 Å². The van der Waals surface area contributed by atoms with Crippen LogP contribution >= 0.6 is 22.6 Å². The second-order valence-corrected chi connectivity index (χ2v) is 4.16. The van der Waals surface area contributed by atoms with Crippen LogP contribution in [-0.2, 0) is 0 Å². The molecule has 1 aliphatic carbocycles. The van der Waals surface area contributed by atoms with Crippen molar-refractivity contribution < 1.29 is 0 Å². The van der Waals surface area contributed by atoms with Gasteiger partial charge in [-0.25, -0.2) is 5.43 Å². The van der Waals surface area contributed by atoms with Gasteiger partial charge in [-0.2, -0.15) is 0 Å². The second-order valence-electron chi connectivity index (χ2n) is 2.56. The zero-order valence-corrected chi connectivity index (χ0v) is 7.68. The molecule has 0 spiro atoms. The molecular formula is C7H9IN2. The topological polar surface area (TPSA) is 24.1 Å². The second kappa shape index (κ2) is 2.54. The summed E-state index contributed by atoms with van der Waals surface area (Å²) in [7, 11) is 0. The summed E-state index contributed by atoms with van der Waals surface area (Å²) in [5.41, 5.74) is 9.07. The van der Waals surface area contributed by atoms with Gasteiger partial charge in [-0.15, -0.1) is 0 Å². The van der Waals surface area contributed by atoms with Gasteiger partial charge in [0, 0.05) is 22.6 Å². The Balaban J connectivity index is 2.22. The van der Waals surface area contributed by atoms with Crippen molar-refractivity contribution in [2.45, 2.75) is 10.3 Å². The van der Waals surface area contributed by atoms with Gasteiger partial charge in [-0.3, -0.25) is 0 Å². The van der Waals surface area contributed by atoms with E-state index in [0.29, 0.717) is 3.92 Å². The van der Waals surface area contributed by atoms with Gasteiger partial charge in [0.2, 0.25) is 0 Å². The van der Waals surface area contributed by atoms with Crippen LogP contribution in [0.3, 0.4) is 0 Å². The fourth-order valence-electron chi connectivity index (χ4n) is 1.26. The predicted octanol–water partition coefficient (Wildman–Crippen LogP) is 1.11. The molecule has 0 saturated carbocycles. The van der Waals surface area contributed by atoms with Crippen molar-refractivity contribution in [3.8, 4) is 0 Å². The number of hydrogen-bond donors (Lipinski definition) is 2. The molecule has 10 heavy (non-hydrogen) atoms. The van der Waals surface area contributed by atoms with E-state index in [0.717, 1.165) is 13.0 Å². The molecule has 0 aromatic rings. The van der Waals surface area contributed by atoms with Gasteiger partial charge in [0.1, 0.15) is 0 Å². The standard InChI is InChI=1S/C7H9IN2/c8-6-2-1-5-4-9-10-7(5)3-6/h1-2,6,9-10H,3-4H2. The summed E-state index contributed by atoms with van der Waals surface area (Å²) in [6.07, 6.45) is 5.62. The molecule has 2 N–H and O–H groups in total. The van der Waals surface area contributed by atoms with Gasteiger partial charge in [0.05, 0.1) is 0 Å². The Morgan fingerprint density at radius 3 is 3.40 bits per heavy atom. The molecule has 3 heteroatoms. The fraction of sp³-hybridized carbons (Fsp3) is 0.429. The highest BCUT2D eigenvalue weighted by Gasteiger charge is 2.17. The third-order valence-electron chi connectivity index (χ3n) is 1.81. The van der Waals surface area contributed by atoms with Crippen molar-refractivity contribution in [2.24, 2.45) is 0 Å². The van der Waals surface area contributed by atoms with Gasteiger partial charge in [-0.05, 0) is 5.57 Å². The number of hydrogen-bond acceptors (Lipinski definition) is 2. The summed E-state index contributed by atoms with van der Waals surface area (Å²) in [5, 5.41) is 0. The highest BCUT2D eigenvalue weighted by molar-refractivity contribution is 14.1.